The van der Waals surface area contributed by atoms with Crippen molar-refractivity contribution in [2.45, 2.75) is 6.42 Å². The number of hydrogen-bond acceptors (Lipinski definition) is 5. The number of rotatable bonds is 4. The Morgan fingerprint density at radius 3 is 2.21 bits per heavy atom. The van der Waals surface area contributed by atoms with Crippen LogP contribution in [0.4, 0.5) is 0 Å². The molecule has 1 N–H and O–H groups in total. The van der Waals surface area contributed by atoms with Gasteiger partial charge < -0.3 is 4.98 Å². The highest BCUT2D eigenvalue weighted by Crippen LogP contribution is 2.08. The Bertz CT molecular complexity index is 828. The largest absolute Gasteiger partial charge is 0.421 e. The van der Waals surface area contributed by atoms with E-state index in [2.05, 4.69) is 19.7 Å². The average molecular weight is 322 g/mol. The van der Waals surface area contributed by atoms with Gasteiger partial charge in [-0.2, -0.15) is 0 Å². The summed E-state index contributed by atoms with van der Waals surface area (Å²) in [4.78, 5) is 39.4. The molecule has 0 radical (unpaired) electrons. The van der Waals surface area contributed by atoms with E-state index in [9.17, 15) is 9.59 Å². The highest BCUT2D eigenvalue weighted by atomic mass is 17.2. The lowest BCUT2D eigenvalue weighted by Gasteiger charge is -2.01. The molecule has 0 aliphatic rings. The van der Waals surface area contributed by atoms with Crippen molar-refractivity contribution in [3.8, 4) is 0 Å². The van der Waals surface area contributed by atoms with Gasteiger partial charge in [0.2, 0.25) is 5.82 Å². The highest BCUT2D eigenvalue weighted by molar-refractivity contribution is 5.90. The lowest BCUT2D eigenvalue weighted by molar-refractivity contribution is -0.188. The quantitative estimate of drug-likeness (QED) is 0.590. The van der Waals surface area contributed by atoms with Gasteiger partial charge in [0.25, 0.3) is 0 Å². The maximum atomic E-state index is 11.9. The normalized spacial score (nSPS) is 10.2. The molecule has 0 unspecified atom stereocenters. The number of imidazole rings is 1. The summed E-state index contributed by atoms with van der Waals surface area (Å²) >= 11 is 0. The van der Waals surface area contributed by atoms with Crippen molar-refractivity contribution >= 4 is 11.9 Å². The lowest BCUT2D eigenvalue weighted by atomic mass is 10.1. The molecule has 0 saturated heterocycles. The summed E-state index contributed by atoms with van der Waals surface area (Å²) in [5.41, 5.74) is 2.12. The SMILES string of the molecule is O=C(OOC(=O)c1ncc(Cc2ccccc2)[nH]1)c1ccccc1. The van der Waals surface area contributed by atoms with Gasteiger partial charge in [0.1, 0.15) is 0 Å². The molecule has 0 amide bonds. The third-order valence-corrected chi connectivity index (χ3v) is 3.26. The highest BCUT2D eigenvalue weighted by Gasteiger charge is 2.17. The fourth-order valence-corrected chi connectivity index (χ4v) is 2.11. The summed E-state index contributed by atoms with van der Waals surface area (Å²) in [6, 6.07) is 18.0. The van der Waals surface area contributed by atoms with Crippen LogP contribution in [0.1, 0.15) is 32.2 Å². The van der Waals surface area contributed by atoms with Crippen LogP contribution in [0.2, 0.25) is 0 Å². The smallest absolute Gasteiger partial charge is 0.336 e. The van der Waals surface area contributed by atoms with Crippen LogP contribution in [0.15, 0.2) is 66.9 Å². The molecule has 24 heavy (non-hydrogen) atoms. The molecule has 0 spiro atoms. The van der Waals surface area contributed by atoms with Crippen molar-refractivity contribution in [2.75, 3.05) is 0 Å². The van der Waals surface area contributed by atoms with E-state index in [1.165, 1.54) is 0 Å². The van der Waals surface area contributed by atoms with E-state index in [-0.39, 0.29) is 11.4 Å². The maximum absolute atomic E-state index is 11.9. The Hall–Kier alpha value is -3.41. The molecule has 0 fully saturated rings. The Kier molecular flexibility index (Phi) is 4.67. The fraction of sp³-hybridized carbons (Fsp3) is 0.0556. The molecular formula is C18H14N2O4. The number of carbonyl (C=O) groups excluding carboxylic acids is 2. The van der Waals surface area contributed by atoms with Gasteiger partial charge in [-0.1, -0.05) is 48.5 Å². The van der Waals surface area contributed by atoms with Gasteiger partial charge in [0.15, 0.2) is 0 Å². The van der Waals surface area contributed by atoms with Crippen molar-refractivity contribution in [1.82, 2.24) is 9.97 Å². The van der Waals surface area contributed by atoms with Crippen molar-refractivity contribution in [1.29, 1.82) is 0 Å². The van der Waals surface area contributed by atoms with Crippen molar-refractivity contribution in [3.63, 3.8) is 0 Å². The first-order chi connectivity index (χ1) is 11.7. The van der Waals surface area contributed by atoms with Crippen LogP contribution in [-0.2, 0) is 16.2 Å². The molecule has 3 aromatic rings. The first-order valence-corrected chi connectivity index (χ1v) is 7.28. The minimum atomic E-state index is -0.862. The molecule has 0 saturated carbocycles. The third-order valence-electron chi connectivity index (χ3n) is 3.26. The fourth-order valence-electron chi connectivity index (χ4n) is 2.11. The van der Waals surface area contributed by atoms with Gasteiger partial charge in [-0.05, 0) is 17.7 Å². The van der Waals surface area contributed by atoms with Gasteiger partial charge in [0.05, 0.1) is 5.56 Å². The number of aromatic amines is 1. The Balaban J connectivity index is 1.57. The molecule has 1 aromatic heterocycles. The predicted molar refractivity (Wildman–Crippen MR) is 85.1 cm³/mol. The monoisotopic (exact) mass is 322 g/mol. The number of nitrogens with zero attached hydrogens (tertiary/aromatic N) is 1. The zero-order chi connectivity index (χ0) is 16.8. The Labute approximate surface area is 138 Å². The molecule has 0 aliphatic carbocycles. The second-order valence-electron chi connectivity index (χ2n) is 5.03. The number of nitrogens with one attached hydrogen (secondary N) is 1. The number of H-pyrrole nitrogens is 1. The summed E-state index contributed by atoms with van der Waals surface area (Å²) < 4.78 is 0. The Morgan fingerprint density at radius 1 is 0.875 bits per heavy atom. The molecule has 0 bridgehead atoms. The second-order valence-corrected chi connectivity index (χ2v) is 5.03. The molecule has 2 aromatic carbocycles. The summed E-state index contributed by atoms with van der Waals surface area (Å²) in [5, 5.41) is 0. The van der Waals surface area contributed by atoms with Crippen LogP contribution in [-0.4, -0.2) is 21.9 Å². The van der Waals surface area contributed by atoms with Gasteiger partial charge in [-0.15, -0.1) is 0 Å². The second kappa shape index (κ2) is 7.23. The zero-order valence-corrected chi connectivity index (χ0v) is 12.6. The van der Waals surface area contributed by atoms with E-state index in [0.717, 1.165) is 11.3 Å². The first kappa shape index (κ1) is 15.5. The predicted octanol–water partition coefficient (Wildman–Crippen LogP) is 2.93. The lowest BCUT2D eigenvalue weighted by Crippen LogP contribution is -2.13. The molecule has 6 nitrogen and oxygen atoms in total. The van der Waals surface area contributed by atoms with Crippen LogP contribution >= 0.6 is 0 Å². The molecule has 6 heteroatoms. The van der Waals surface area contributed by atoms with Crippen molar-refractivity contribution < 1.29 is 19.4 Å². The first-order valence-electron chi connectivity index (χ1n) is 7.28. The Morgan fingerprint density at radius 2 is 1.50 bits per heavy atom. The maximum Gasteiger partial charge on any atom is 0.421 e. The number of hydrogen-bond donors (Lipinski definition) is 1. The van der Waals surface area contributed by atoms with E-state index in [0.29, 0.717) is 6.42 Å². The number of benzene rings is 2. The van der Waals surface area contributed by atoms with Gasteiger partial charge >= 0.3 is 11.9 Å². The van der Waals surface area contributed by atoms with Crippen LogP contribution < -0.4 is 0 Å². The summed E-state index contributed by atoms with van der Waals surface area (Å²) in [6.45, 7) is 0. The van der Waals surface area contributed by atoms with E-state index in [1.54, 1.807) is 36.5 Å². The third kappa shape index (κ3) is 3.86. The standard InChI is InChI=1S/C18H14N2O4/c21-17(14-9-5-2-6-10-14)23-24-18(22)16-19-12-15(20-16)11-13-7-3-1-4-8-13/h1-10,12H,11H2,(H,19,20). The summed E-state index contributed by atoms with van der Waals surface area (Å²) in [6.07, 6.45) is 2.15. The summed E-state index contributed by atoms with van der Waals surface area (Å²) in [7, 11) is 0. The van der Waals surface area contributed by atoms with E-state index in [1.807, 2.05) is 30.3 Å². The molecular weight excluding hydrogens is 308 g/mol. The average Bonchev–Trinajstić information content (AvgIpc) is 3.09. The topological polar surface area (TPSA) is 81.3 Å². The number of carbonyl (C=O) groups is 2. The molecule has 0 atom stereocenters. The molecule has 1 heterocycles. The van der Waals surface area contributed by atoms with E-state index < -0.39 is 11.9 Å². The van der Waals surface area contributed by atoms with Crippen LogP contribution in [0.25, 0.3) is 0 Å². The minimum Gasteiger partial charge on any atom is -0.336 e. The van der Waals surface area contributed by atoms with Crippen LogP contribution in [0.3, 0.4) is 0 Å². The molecule has 0 aliphatic heterocycles. The summed E-state index contributed by atoms with van der Waals surface area (Å²) in [5.74, 6) is -1.64. The van der Waals surface area contributed by atoms with Crippen LogP contribution in [0, 0.1) is 0 Å². The van der Waals surface area contributed by atoms with Gasteiger partial charge in [-0.25, -0.2) is 24.3 Å². The molecule has 3 rings (SSSR count). The van der Waals surface area contributed by atoms with Crippen molar-refractivity contribution in [2.24, 2.45) is 0 Å². The van der Waals surface area contributed by atoms with E-state index >= 15 is 0 Å². The van der Waals surface area contributed by atoms with Crippen LogP contribution in [0.5, 0.6) is 0 Å². The van der Waals surface area contributed by atoms with Crippen molar-refractivity contribution in [3.05, 3.63) is 89.5 Å². The van der Waals surface area contributed by atoms with Gasteiger partial charge in [0, 0.05) is 18.3 Å². The van der Waals surface area contributed by atoms with E-state index in [4.69, 9.17) is 0 Å². The number of aromatic nitrogens is 2. The minimum absolute atomic E-state index is 0.0261. The zero-order valence-electron chi connectivity index (χ0n) is 12.6. The molecule has 120 valence electrons. The van der Waals surface area contributed by atoms with Gasteiger partial charge in [-0.3, -0.25) is 0 Å².